The number of amides is 1. The Hall–Kier alpha value is -2.09. The molecule has 5 nitrogen and oxygen atoms in total. The molecule has 1 N–H and O–H groups in total. The molecule has 0 spiro atoms. The number of nitrogens with zero attached hydrogens (tertiary/aromatic N) is 3. The van der Waals surface area contributed by atoms with Gasteiger partial charge in [0.05, 0.1) is 11.6 Å². The normalized spacial score (nSPS) is 19.9. The molecule has 0 aromatic carbocycles. The van der Waals surface area contributed by atoms with Gasteiger partial charge in [-0.05, 0) is 18.6 Å². The number of anilines is 1. The number of piperidine rings is 1. The maximum atomic E-state index is 11.3. The standard InChI is InChI=1S/C12H14N4O/c1-16-8-10(2-3-12(16)17)15-11-6-9(7-13)4-5-14-11/h4-6,10H,2-3,8H2,1H3,(H,14,15). The van der Waals surface area contributed by atoms with Crippen molar-refractivity contribution in [2.45, 2.75) is 18.9 Å². The van der Waals surface area contributed by atoms with E-state index in [1.165, 1.54) is 0 Å². The monoisotopic (exact) mass is 230 g/mol. The molecule has 2 heterocycles. The minimum Gasteiger partial charge on any atom is -0.366 e. The van der Waals surface area contributed by atoms with E-state index in [1.807, 2.05) is 0 Å². The average molecular weight is 230 g/mol. The molecule has 17 heavy (non-hydrogen) atoms. The molecule has 1 fully saturated rings. The van der Waals surface area contributed by atoms with Crippen molar-refractivity contribution in [2.24, 2.45) is 0 Å². The lowest BCUT2D eigenvalue weighted by Crippen LogP contribution is -2.43. The Morgan fingerprint density at radius 2 is 2.47 bits per heavy atom. The van der Waals surface area contributed by atoms with Gasteiger partial charge in [-0.2, -0.15) is 5.26 Å². The van der Waals surface area contributed by atoms with Crippen molar-refractivity contribution in [1.82, 2.24) is 9.88 Å². The molecular formula is C12H14N4O. The number of carbonyl (C=O) groups excluding carboxylic acids is 1. The average Bonchev–Trinajstić information content (AvgIpc) is 2.34. The Bertz CT molecular complexity index is 466. The second-order valence-electron chi connectivity index (χ2n) is 4.20. The van der Waals surface area contributed by atoms with E-state index in [0.29, 0.717) is 24.3 Å². The van der Waals surface area contributed by atoms with Crippen LogP contribution in [0.5, 0.6) is 0 Å². The number of rotatable bonds is 2. The number of carbonyl (C=O) groups is 1. The highest BCUT2D eigenvalue weighted by Gasteiger charge is 2.22. The van der Waals surface area contributed by atoms with Gasteiger partial charge in [0, 0.05) is 32.3 Å². The summed E-state index contributed by atoms with van der Waals surface area (Å²) in [5, 5.41) is 12.0. The number of pyridine rings is 1. The molecule has 2 rings (SSSR count). The second-order valence-corrected chi connectivity index (χ2v) is 4.20. The van der Waals surface area contributed by atoms with Crippen molar-refractivity contribution in [2.75, 3.05) is 18.9 Å². The molecular weight excluding hydrogens is 216 g/mol. The summed E-state index contributed by atoms with van der Waals surface area (Å²) >= 11 is 0. The van der Waals surface area contributed by atoms with E-state index in [9.17, 15) is 4.79 Å². The van der Waals surface area contributed by atoms with Gasteiger partial charge in [-0.25, -0.2) is 4.98 Å². The Balaban J connectivity index is 2.01. The largest absolute Gasteiger partial charge is 0.366 e. The lowest BCUT2D eigenvalue weighted by atomic mass is 10.1. The van der Waals surface area contributed by atoms with Crippen molar-refractivity contribution in [3.05, 3.63) is 23.9 Å². The fraction of sp³-hybridized carbons (Fsp3) is 0.417. The Morgan fingerprint density at radius 1 is 1.65 bits per heavy atom. The van der Waals surface area contributed by atoms with Gasteiger partial charge in [0.1, 0.15) is 5.82 Å². The van der Waals surface area contributed by atoms with E-state index < -0.39 is 0 Å². The summed E-state index contributed by atoms with van der Waals surface area (Å²) in [6.45, 7) is 0.678. The van der Waals surface area contributed by atoms with E-state index in [-0.39, 0.29) is 11.9 Å². The number of nitrogens with one attached hydrogen (secondary N) is 1. The third-order valence-corrected chi connectivity index (χ3v) is 2.87. The van der Waals surface area contributed by atoms with Crippen molar-refractivity contribution in [1.29, 1.82) is 5.26 Å². The van der Waals surface area contributed by atoms with E-state index in [2.05, 4.69) is 16.4 Å². The maximum Gasteiger partial charge on any atom is 0.222 e. The van der Waals surface area contributed by atoms with E-state index in [4.69, 9.17) is 5.26 Å². The molecule has 0 radical (unpaired) electrons. The molecule has 0 saturated carbocycles. The lowest BCUT2D eigenvalue weighted by Gasteiger charge is -2.30. The van der Waals surface area contributed by atoms with Crippen LogP contribution in [0.1, 0.15) is 18.4 Å². The number of nitriles is 1. The number of hydrogen-bond acceptors (Lipinski definition) is 4. The molecule has 1 amide bonds. The van der Waals surface area contributed by atoms with Gasteiger partial charge in [-0.15, -0.1) is 0 Å². The van der Waals surface area contributed by atoms with Gasteiger partial charge in [-0.3, -0.25) is 4.79 Å². The van der Waals surface area contributed by atoms with Gasteiger partial charge in [0.15, 0.2) is 0 Å². The smallest absolute Gasteiger partial charge is 0.222 e. The summed E-state index contributed by atoms with van der Waals surface area (Å²) in [5.41, 5.74) is 0.586. The van der Waals surface area contributed by atoms with Crippen LogP contribution in [0, 0.1) is 11.3 Å². The molecule has 1 aromatic heterocycles. The summed E-state index contributed by atoms with van der Waals surface area (Å²) in [6.07, 6.45) is 2.98. The van der Waals surface area contributed by atoms with Crippen LogP contribution >= 0.6 is 0 Å². The molecule has 88 valence electrons. The quantitative estimate of drug-likeness (QED) is 0.822. The minimum absolute atomic E-state index is 0.182. The summed E-state index contributed by atoms with van der Waals surface area (Å²) in [4.78, 5) is 17.2. The van der Waals surface area contributed by atoms with Gasteiger partial charge in [-0.1, -0.05) is 0 Å². The number of aromatic nitrogens is 1. The summed E-state index contributed by atoms with van der Waals surface area (Å²) in [7, 11) is 1.80. The number of hydrogen-bond donors (Lipinski definition) is 1. The lowest BCUT2D eigenvalue weighted by molar-refractivity contribution is -0.132. The zero-order valence-electron chi connectivity index (χ0n) is 9.68. The van der Waals surface area contributed by atoms with Crippen LogP contribution in [-0.2, 0) is 4.79 Å². The molecule has 1 atom stereocenters. The maximum absolute atomic E-state index is 11.3. The predicted octanol–water partition coefficient (Wildman–Crippen LogP) is 0.986. The zero-order chi connectivity index (χ0) is 12.3. The molecule has 1 saturated heterocycles. The Kier molecular flexibility index (Phi) is 3.24. The van der Waals surface area contributed by atoms with E-state index in [1.54, 1.807) is 30.3 Å². The fourth-order valence-electron chi connectivity index (χ4n) is 1.92. The Morgan fingerprint density at radius 3 is 3.18 bits per heavy atom. The molecule has 1 aliphatic heterocycles. The second kappa shape index (κ2) is 4.83. The fourth-order valence-corrected chi connectivity index (χ4v) is 1.92. The molecule has 5 heteroatoms. The van der Waals surface area contributed by atoms with Crippen molar-refractivity contribution in [3.8, 4) is 6.07 Å². The third-order valence-electron chi connectivity index (χ3n) is 2.87. The van der Waals surface area contributed by atoms with Crippen LogP contribution in [0.15, 0.2) is 18.3 Å². The SMILES string of the molecule is CN1CC(Nc2cc(C#N)ccn2)CCC1=O. The number of likely N-dealkylation sites (tertiary alicyclic amines) is 1. The zero-order valence-corrected chi connectivity index (χ0v) is 9.68. The van der Waals surface area contributed by atoms with Gasteiger partial charge >= 0.3 is 0 Å². The first-order valence-electron chi connectivity index (χ1n) is 5.55. The van der Waals surface area contributed by atoms with Crippen LogP contribution in [0.2, 0.25) is 0 Å². The molecule has 1 unspecified atom stereocenters. The highest BCUT2D eigenvalue weighted by Crippen LogP contribution is 2.15. The summed E-state index contributed by atoms with van der Waals surface area (Å²) in [5.74, 6) is 0.874. The highest BCUT2D eigenvalue weighted by atomic mass is 16.2. The first-order valence-corrected chi connectivity index (χ1v) is 5.55. The molecule has 0 bridgehead atoms. The van der Waals surface area contributed by atoms with Crippen LogP contribution in [0.4, 0.5) is 5.82 Å². The molecule has 0 aliphatic carbocycles. The van der Waals surface area contributed by atoms with Crippen LogP contribution < -0.4 is 5.32 Å². The summed E-state index contributed by atoms with van der Waals surface area (Å²) in [6, 6.07) is 5.67. The molecule has 1 aliphatic rings. The van der Waals surface area contributed by atoms with Gasteiger partial charge in [0.2, 0.25) is 5.91 Å². The Labute approximate surface area is 100 Å². The number of likely N-dealkylation sites (N-methyl/N-ethyl adjacent to an activating group) is 1. The van der Waals surface area contributed by atoms with Gasteiger partial charge < -0.3 is 10.2 Å². The topological polar surface area (TPSA) is 69.0 Å². The van der Waals surface area contributed by atoms with Crippen molar-refractivity contribution < 1.29 is 4.79 Å². The third kappa shape index (κ3) is 2.72. The van der Waals surface area contributed by atoms with Crippen molar-refractivity contribution in [3.63, 3.8) is 0 Å². The minimum atomic E-state index is 0.182. The van der Waals surface area contributed by atoms with Crippen LogP contribution in [0.3, 0.4) is 0 Å². The molecule has 1 aromatic rings. The van der Waals surface area contributed by atoms with Gasteiger partial charge in [0.25, 0.3) is 0 Å². The first-order chi connectivity index (χ1) is 8.19. The van der Waals surface area contributed by atoms with E-state index in [0.717, 1.165) is 6.42 Å². The predicted molar refractivity (Wildman–Crippen MR) is 63.2 cm³/mol. The van der Waals surface area contributed by atoms with Crippen LogP contribution in [-0.4, -0.2) is 35.4 Å². The highest BCUT2D eigenvalue weighted by molar-refractivity contribution is 5.77. The van der Waals surface area contributed by atoms with Crippen molar-refractivity contribution >= 4 is 11.7 Å². The summed E-state index contributed by atoms with van der Waals surface area (Å²) < 4.78 is 0. The van der Waals surface area contributed by atoms with E-state index >= 15 is 0 Å². The first kappa shape index (κ1) is 11.4. The van der Waals surface area contributed by atoms with Crippen LogP contribution in [0.25, 0.3) is 0 Å².